The van der Waals surface area contributed by atoms with Gasteiger partial charge in [0.05, 0.1) is 5.52 Å². The summed E-state index contributed by atoms with van der Waals surface area (Å²) < 4.78 is 2.42. The number of piperidine rings is 1. The van der Waals surface area contributed by atoms with Gasteiger partial charge in [0.25, 0.3) is 0 Å². The van der Waals surface area contributed by atoms with Crippen LogP contribution in [0.4, 0.5) is 0 Å². The quantitative estimate of drug-likeness (QED) is 0.686. The predicted octanol–water partition coefficient (Wildman–Crippen LogP) is 2.44. The smallest absolute Gasteiger partial charge is 0.139 e. The molecule has 92 valence electrons. The minimum Gasteiger partial charge on any atom is -0.346 e. The SMILES string of the molecule is c1cc2c(ncc3ccn([C@H]4CCCNC4)c32)[nH]1. The van der Waals surface area contributed by atoms with Gasteiger partial charge >= 0.3 is 0 Å². The first-order chi connectivity index (χ1) is 8.93. The lowest BCUT2D eigenvalue weighted by Gasteiger charge is -2.25. The van der Waals surface area contributed by atoms with Crippen LogP contribution in [0.3, 0.4) is 0 Å². The molecule has 0 amide bonds. The van der Waals surface area contributed by atoms with Crippen molar-refractivity contribution in [3.05, 3.63) is 30.7 Å². The van der Waals surface area contributed by atoms with Gasteiger partial charge in [0.2, 0.25) is 0 Å². The number of hydrogen-bond acceptors (Lipinski definition) is 2. The monoisotopic (exact) mass is 240 g/mol. The first-order valence-corrected chi connectivity index (χ1v) is 6.57. The molecule has 18 heavy (non-hydrogen) atoms. The highest BCUT2D eigenvalue weighted by molar-refractivity contribution is 6.02. The molecule has 1 saturated heterocycles. The first kappa shape index (κ1) is 10.1. The Labute approximate surface area is 105 Å². The van der Waals surface area contributed by atoms with E-state index < -0.39 is 0 Å². The fourth-order valence-electron chi connectivity index (χ4n) is 3.03. The van der Waals surface area contributed by atoms with Gasteiger partial charge in [0, 0.05) is 41.9 Å². The lowest BCUT2D eigenvalue weighted by Crippen LogP contribution is -2.31. The zero-order chi connectivity index (χ0) is 11.9. The molecule has 3 aromatic heterocycles. The van der Waals surface area contributed by atoms with Crippen molar-refractivity contribution in [1.29, 1.82) is 0 Å². The summed E-state index contributed by atoms with van der Waals surface area (Å²) in [6.07, 6.45) is 8.64. The van der Waals surface area contributed by atoms with Crippen molar-refractivity contribution in [2.24, 2.45) is 0 Å². The minimum absolute atomic E-state index is 0.566. The number of nitrogens with zero attached hydrogens (tertiary/aromatic N) is 2. The molecule has 0 aliphatic carbocycles. The zero-order valence-corrected chi connectivity index (χ0v) is 10.2. The molecule has 4 heterocycles. The second-order valence-corrected chi connectivity index (χ2v) is 5.03. The fraction of sp³-hybridized carbons (Fsp3) is 0.357. The first-order valence-electron chi connectivity index (χ1n) is 6.57. The Hall–Kier alpha value is -1.81. The van der Waals surface area contributed by atoms with E-state index in [1.807, 2.05) is 12.4 Å². The molecule has 4 rings (SSSR count). The van der Waals surface area contributed by atoms with Crippen molar-refractivity contribution >= 4 is 21.9 Å². The Balaban J connectivity index is 1.96. The van der Waals surface area contributed by atoms with Gasteiger partial charge in [0.1, 0.15) is 5.65 Å². The minimum atomic E-state index is 0.566. The Morgan fingerprint density at radius 3 is 3.22 bits per heavy atom. The summed E-state index contributed by atoms with van der Waals surface area (Å²) in [6, 6.07) is 4.86. The van der Waals surface area contributed by atoms with Gasteiger partial charge in [-0.05, 0) is 31.5 Å². The molecular weight excluding hydrogens is 224 g/mol. The van der Waals surface area contributed by atoms with Crippen molar-refractivity contribution < 1.29 is 0 Å². The van der Waals surface area contributed by atoms with Crippen LogP contribution >= 0.6 is 0 Å². The topological polar surface area (TPSA) is 45.6 Å². The third-order valence-electron chi connectivity index (χ3n) is 3.92. The van der Waals surface area contributed by atoms with Gasteiger partial charge < -0.3 is 14.9 Å². The number of fused-ring (bicyclic) bond motifs is 3. The third-order valence-corrected chi connectivity index (χ3v) is 3.92. The van der Waals surface area contributed by atoms with E-state index in [4.69, 9.17) is 0 Å². The Morgan fingerprint density at radius 1 is 1.33 bits per heavy atom. The van der Waals surface area contributed by atoms with Gasteiger partial charge in [-0.2, -0.15) is 0 Å². The van der Waals surface area contributed by atoms with E-state index in [1.54, 1.807) is 0 Å². The van der Waals surface area contributed by atoms with Crippen LogP contribution in [0, 0.1) is 0 Å². The molecule has 1 fully saturated rings. The van der Waals surface area contributed by atoms with Crippen LogP contribution in [0.2, 0.25) is 0 Å². The normalized spacial score (nSPS) is 20.8. The van der Waals surface area contributed by atoms with Crippen LogP contribution in [0.15, 0.2) is 30.7 Å². The van der Waals surface area contributed by atoms with Gasteiger partial charge in [-0.1, -0.05) is 0 Å². The number of rotatable bonds is 1. The molecule has 0 aromatic carbocycles. The lowest BCUT2D eigenvalue weighted by molar-refractivity contribution is 0.379. The highest BCUT2D eigenvalue weighted by Gasteiger charge is 2.17. The zero-order valence-electron chi connectivity index (χ0n) is 10.2. The number of hydrogen-bond donors (Lipinski definition) is 2. The standard InChI is InChI=1S/C14H16N4/c1-2-11(9-15-5-1)18-7-4-10-8-17-14-12(13(10)18)3-6-16-14/h3-4,6-8,11,15H,1-2,5,9H2,(H,16,17)/t11-/m0/s1. The van der Waals surface area contributed by atoms with Gasteiger partial charge in [-0.3, -0.25) is 0 Å². The Bertz CT molecular complexity index is 688. The van der Waals surface area contributed by atoms with Crippen LogP contribution in [0.1, 0.15) is 18.9 Å². The summed E-state index contributed by atoms with van der Waals surface area (Å²) in [5.41, 5.74) is 2.29. The molecule has 2 N–H and O–H groups in total. The maximum Gasteiger partial charge on any atom is 0.139 e. The van der Waals surface area contributed by atoms with Gasteiger partial charge in [-0.25, -0.2) is 4.98 Å². The average Bonchev–Trinajstić information content (AvgIpc) is 3.05. The van der Waals surface area contributed by atoms with E-state index in [9.17, 15) is 0 Å². The molecule has 4 heteroatoms. The molecule has 0 saturated carbocycles. The summed E-state index contributed by atoms with van der Waals surface area (Å²) >= 11 is 0. The molecule has 3 aromatic rings. The van der Waals surface area contributed by atoms with E-state index in [1.165, 1.54) is 29.1 Å². The van der Waals surface area contributed by atoms with Gasteiger partial charge in [0.15, 0.2) is 0 Å². The van der Waals surface area contributed by atoms with Gasteiger partial charge in [-0.15, -0.1) is 0 Å². The second-order valence-electron chi connectivity index (χ2n) is 5.03. The molecule has 1 atom stereocenters. The van der Waals surface area contributed by atoms with Crippen molar-refractivity contribution in [3.8, 4) is 0 Å². The Kier molecular flexibility index (Phi) is 2.17. The van der Waals surface area contributed by atoms with E-state index in [-0.39, 0.29) is 0 Å². The number of aromatic nitrogens is 3. The van der Waals surface area contributed by atoms with E-state index >= 15 is 0 Å². The highest BCUT2D eigenvalue weighted by atomic mass is 15.1. The maximum atomic E-state index is 4.44. The van der Waals surface area contributed by atoms with Crippen LogP contribution in [0.5, 0.6) is 0 Å². The fourth-order valence-corrected chi connectivity index (χ4v) is 3.03. The predicted molar refractivity (Wildman–Crippen MR) is 72.7 cm³/mol. The van der Waals surface area contributed by atoms with Crippen LogP contribution in [-0.2, 0) is 0 Å². The molecule has 1 aliphatic heterocycles. The highest BCUT2D eigenvalue weighted by Crippen LogP contribution is 2.28. The molecule has 0 radical (unpaired) electrons. The number of pyridine rings is 1. The van der Waals surface area contributed by atoms with Crippen LogP contribution < -0.4 is 5.32 Å². The van der Waals surface area contributed by atoms with Crippen molar-refractivity contribution in [2.75, 3.05) is 13.1 Å². The molecule has 0 bridgehead atoms. The summed E-state index contributed by atoms with van der Waals surface area (Å²) in [4.78, 5) is 7.63. The molecule has 1 aliphatic rings. The number of aromatic amines is 1. The molecule has 0 spiro atoms. The van der Waals surface area contributed by atoms with Crippen LogP contribution in [-0.4, -0.2) is 27.6 Å². The van der Waals surface area contributed by atoms with Crippen molar-refractivity contribution in [2.45, 2.75) is 18.9 Å². The lowest BCUT2D eigenvalue weighted by atomic mass is 10.1. The van der Waals surface area contributed by atoms with Crippen molar-refractivity contribution in [3.63, 3.8) is 0 Å². The van der Waals surface area contributed by atoms with Crippen molar-refractivity contribution in [1.82, 2.24) is 19.9 Å². The molecule has 0 unspecified atom stereocenters. The number of nitrogens with one attached hydrogen (secondary N) is 2. The van der Waals surface area contributed by atoms with E-state index in [0.717, 1.165) is 18.7 Å². The summed E-state index contributed by atoms with van der Waals surface area (Å²) in [5.74, 6) is 0. The average molecular weight is 240 g/mol. The Morgan fingerprint density at radius 2 is 2.33 bits per heavy atom. The third kappa shape index (κ3) is 1.39. The number of H-pyrrole nitrogens is 1. The van der Waals surface area contributed by atoms with E-state index in [2.05, 4.69) is 38.2 Å². The summed E-state index contributed by atoms with van der Waals surface area (Å²) in [6.45, 7) is 2.22. The second kappa shape index (κ2) is 3.85. The largest absolute Gasteiger partial charge is 0.346 e. The van der Waals surface area contributed by atoms with Crippen LogP contribution in [0.25, 0.3) is 21.9 Å². The maximum absolute atomic E-state index is 4.44. The molecule has 4 nitrogen and oxygen atoms in total. The summed E-state index contributed by atoms with van der Waals surface area (Å²) in [5, 5.41) is 5.94. The van der Waals surface area contributed by atoms with E-state index in [0.29, 0.717) is 6.04 Å². The summed E-state index contributed by atoms with van der Waals surface area (Å²) in [7, 11) is 0. The molecular formula is C14H16N4.